The van der Waals surface area contributed by atoms with Gasteiger partial charge in [0.25, 0.3) is 0 Å². The first-order valence-electron chi connectivity index (χ1n) is 12.8. The molecule has 6 aromatic carbocycles. The Hall–Kier alpha value is -3.88. The molecular formula is C35H27NS. The first kappa shape index (κ1) is 22.3. The Morgan fingerprint density at radius 3 is 1.65 bits per heavy atom. The first-order chi connectivity index (χ1) is 18.1. The van der Waals surface area contributed by atoms with Gasteiger partial charge < -0.3 is 0 Å². The maximum Gasteiger partial charge on any atom is 0.0984 e. The quantitative estimate of drug-likeness (QED) is 0.223. The van der Waals surface area contributed by atoms with Crippen LogP contribution in [0.15, 0.2) is 120 Å². The molecule has 0 saturated heterocycles. The molecule has 1 aliphatic rings. The third-order valence-corrected chi connectivity index (χ3v) is 8.83. The molecule has 178 valence electrons. The molecule has 2 heteroatoms. The van der Waals surface area contributed by atoms with E-state index >= 15 is 0 Å². The van der Waals surface area contributed by atoms with Gasteiger partial charge in [0.15, 0.2) is 0 Å². The van der Waals surface area contributed by atoms with Gasteiger partial charge in [0.05, 0.1) is 10.6 Å². The summed E-state index contributed by atoms with van der Waals surface area (Å²) in [5, 5.41) is 8.84. The molecule has 0 saturated carbocycles. The summed E-state index contributed by atoms with van der Waals surface area (Å²) >= 11 is 1.86. The van der Waals surface area contributed by atoms with Crippen molar-refractivity contribution < 1.29 is 0 Å². The lowest BCUT2D eigenvalue weighted by molar-refractivity contribution is 0.605. The molecule has 1 nitrogen and oxygen atoms in total. The Kier molecular flexibility index (Phi) is 5.19. The Labute approximate surface area is 221 Å². The van der Waals surface area contributed by atoms with Crippen LogP contribution in [0.1, 0.15) is 19.4 Å². The fourth-order valence-electron chi connectivity index (χ4n) is 5.68. The molecule has 0 atom stereocenters. The lowest BCUT2D eigenvalue weighted by atomic mass is 9.84. The van der Waals surface area contributed by atoms with Gasteiger partial charge in [-0.1, -0.05) is 115 Å². The molecule has 0 aliphatic carbocycles. The summed E-state index contributed by atoms with van der Waals surface area (Å²) in [6, 6.07) is 42.1. The van der Waals surface area contributed by atoms with E-state index in [1.165, 1.54) is 60.1 Å². The number of nitrogens with zero attached hydrogens (tertiary/aromatic N) is 1. The van der Waals surface area contributed by atoms with Gasteiger partial charge in [-0.05, 0) is 68.4 Å². The zero-order valence-electron chi connectivity index (χ0n) is 21.0. The summed E-state index contributed by atoms with van der Waals surface area (Å²) in [4.78, 5) is 4.94. The SMILES string of the molecule is CC1(C)CSC(c2ccc(-c3c4ccccc4c(-c4cccc5ccccc45)c4ccccc34)cc2)=N1. The van der Waals surface area contributed by atoms with Gasteiger partial charge in [0, 0.05) is 11.3 Å². The lowest BCUT2D eigenvalue weighted by Gasteiger charge is -2.19. The summed E-state index contributed by atoms with van der Waals surface area (Å²) in [7, 11) is 0. The summed E-state index contributed by atoms with van der Waals surface area (Å²) in [5.74, 6) is 1.04. The molecule has 0 bridgehead atoms. The second-order valence-corrected chi connectivity index (χ2v) is 11.4. The maximum absolute atomic E-state index is 4.94. The Balaban J connectivity index is 1.50. The molecule has 6 aromatic rings. The van der Waals surface area contributed by atoms with Gasteiger partial charge in [-0.25, -0.2) is 0 Å². The number of thioether (sulfide) groups is 1. The van der Waals surface area contributed by atoms with Crippen LogP contribution in [-0.2, 0) is 0 Å². The summed E-state index contributed by atoms with van der Waals surface area (Å²) < 4.78 is 0. The zero-order valence-corrected chi connectivity index (χ0v) is 21.8. The minimum atomic E-state index is 0.0164. The van der Waals surface area contributed by atoms with Crippen LogP contribution in [0.3, 0.4) is 0 Å². The normalized spacial score (nSPS) is 14.9. The van der Waals surface area contributed by atoms with Crippen molar-refractivity contribution in [1.29, 1.82) is 0 Å². The van der Waals surface area contributed by atoms with Gasteiger partial charge in [-0.3, -0.25) is 4.99 Å². The summed E-state index contributed by atoms with van der Waals surface area (Å²) in [6.07, 6.45) is 0. The van der Waals surface area contributed by atoms with Crippen molar-refractivity contribution in [2.45, 2.75) is 19.4 Å². The van der Waals surface area contributed by atoms with Crippen molar-refractivity contribution >= 4 is 49.1 Å². The van der Waals surface area contributed by atoms with Crippen LogP contribution in [0.25, 0.3) is 54.6 Å². The molecule has 0 aromatic heterocycles. The van der Waals surface area contributed by atoms with E-state index in [1.807, 2.05) is 11.8 Å². The Morgan fingerprint density at radius 1 is 0.541 bits per heavy atom. The predicted octanol–water partition coefficient (Wildman–Crippen LogP) is 9.75. The smallest absolute Gasteiger partial charge is 0.0984 e. The number of hydrogen-bond acceptors (Lipinski definition) is 2. The topological polar surface area (TPSA) is 12.4 Å². The highest BCUT2D eigenvalue weighted by Gasteiger charge is 2.26. The van der Waals surface area contributed by atoms with Gasteiger partial charge in [-0.2, -0.15) is 0 Å². The third-order valence-electron chi connectivity index (χ3n) is 7.38. The van der Waals surface area contributed by atoms with Crippen LogP contribution < -0.4 is 0 Å². The van der Waals surface area contributed by atoms with Crippen LogP contribution in [0.5, 0.6) is 0 Å². The van der Waals surface area contributed by atoms with Crippen LogP contribution in [-0.4, -0.2) is 16.3 Å². The van der Waals surface area contributed by atoms with Gasteiger partial charge >= 0.3 is 0 Å². The second-order valence-electron chi connectivity index (χ2n) is 10.5. The molecule has 37 heavy (non-hydrogen) atoms. The molecule has 0 fully saturated rings. The highest BCUT2D eigenvalue weighted by molar-refractivity contribution is 8.14. The van der Waals surface area contributed by atoms with Crippen molar-refractivity contribution in [2.24, 2.45) is 4.99 Å². The minimum Gasteiger partial charge on any atom is -0.271 e. The highest BCUT2D eigenvalue weighted by atomic mass is 32.2. The van der Waals surface area contributed by atoms with Gasteiger partial charge in [0.2, 0.25) is 0 Å². The highest BCUT2D eigenvalue weighted by Crippen LogP contribution is 2.45. The number of benzene rings is 6. The van der Waals surface area contributed by atoms with Crippen LogP contribution >= 0.6 is 11.8 Å². The number of rotatable bonds is 3. The van der Waals surface area contributed by atoms with Crippen LogP contribution in [0.2, 0.25) is 0 Å². The van der Waals surface area contributed by atoms with Crippen molar-refractivity contribution in [3.05, 3.63) is 121 Å². The van der Waals surface area contributed by atoms with E-state index in [1.54, 1.807) is 0 Å². The number of hydrogen-bond donors (Lipinski definition) is 0. The Morgan fingerprint density at radius 2 is 1.05 bits per heavy atom. The molecule has 1 heterocycles. The van der Waals surface area contributed by atoms with E-state index in [0.717, 1.165) is 10.8 Å². The number of aliphatic imine (C=N–C) groups is 1. The van der Waals surface area contributed by atoms with Crippen molar-refractivity contribution in [2.75, 3.05) is 5.75 Å². The van der Waals surface area contributed by atoms with E-state index in [4.69, 9.17) is 4.99 Å². The monoisotopic (exact) mass is 493 g/mol. The maximum atomic E-state index is 4.94. The largest absolute Gasteiger partial charge is 0.271 e. The van der Waals surface area contributed by atoms with E-state index in [2.05, 4.69) is 129 Å². The lowest BCUT2D eigenvalue weighted by Crippen LogP contribution is -2.15. The van der Waals surface area contributed by atoms with E-state index < -0.39 is 0 Å². The van der Waals surface area contributed by atoms with E-state index in [-0.39, 0.29) is 5.54 Å². The van der Waals surface area contributed by atoms with Gasteiger partial charge in [-0.15, -0.1) is 11.8 Å². The van der Waals surface area contributed by atoms with Crippen LogP contribution in [0.4, 0.5) is 0 Å². The van der Waals surface area contributed by atoms with E-state index in [9.17, 15) is 0 Å². The summed E-state index contributed by atoms with van der Waals surface area (Å²) in [6.45, 7) is 4.41. The average molecular weight is 494 g/mol. The predicted molar refractivity (Wildman–Crippen MR) is 163 cm³/mol. The first-order valence-corrected chi connectivity index (χ1v) is 13.8. The second kappa shape index (κ2) is 8.61. The zero-order chi connectivity index (χ0) is 25.0. The molecular weight excluding hydrogens is 466 g/mol. The molecule has 7 rings (SSSR count). The standard InChI is InChI=1S/C35H27NS/c1-35(2)22-37-34(36-35)25-20-18-24(19-21-25)32-28-13-5-7-15-30(28)33(31-16-8-6-14-29(31)32)27-17-9-11-23-10-3-4-12-26(23)27/h3-21H,22H2,1-2H3. The average Bonchev–Trinajstić information content (AvgIpc) is 3.31. The van der Waals surface area contributed by atoms with Gasteiger partial charge in [0.1, 0.15) is 0 Å². The molecule has 0 unspecified atom stereocenters. The molecule has 0 N–H and O–H groups in total. The molecule has 0 radical (unpaired) electrons. The molecule has 0 spiro atoms. The third kappa shape index (κ3) is 3.75. The van der Waals surface area contributed by atoms with Crippen molar-refractivity contribution in [1.82, 2.24) is 0 Å². The van der Waals surface area contributed by atoms with Crippen molar-refractivity contribution in [3.8, 4) is 22.3 Å². The fraction of sp³-hybridized carbons (Fsp3) is 0.114. The molecule has 0 amide bonds. The van der Waals surface area contributed by atoms with Crippen molar-refractivity contribution in [3.63, 3.8) is 0 Å². The minimum absolute atomic E-state index is 0.0164. The Bertz CT molecular complexity index is 1780. The van der Waals surface area contributed by atoms with E-state index in [0.29, 0.717) is 0 Å². The fourth-order valence-corrected chi connectivity index (χ4v) is 6.85. The van der Waals surface area contributed by atoms with Crippen LogP contribution in [0, 0.1) is 0 Å². The summed E-state index contributed by atoms with van der Waals surface area (Å²) in [5.41, 5.74) is 6.35. The molecule has 1 aliphatic heterocycles. The number of fused-ring (bicyclic) bond motifs is 3.